The highest BCUT2D eigenvalue weighted by atomic mass is 31.0. The number of hydrogen-bond acceptors (Lipinski definition) is 2. The summed E-state index contributed by atoms with van der Waals surface area (Å²) in [6, 6.07) is 0. The third-order valence-electron chi connectivity index (χ3n) is 2.42. The number of carbonyl (C=O) groups is 1. The number of rotatable bonds is 3. The van der Waals surface area contributed by atoms with Crippen molar-refractivity contribution in [3.05, 3.63) is 0 Å². The van der Waals surface area contributed by atoms with E-state index in [1.165, 1.54) is 0 Å². The van der Waals surface area contributed by atoms with Gasteiger partial charge in [-0.3, -0.25) is 9.46 Å². The summed E-state index contributed by atoms with van der Waals surface area (Å²) in [4.78, 5) is 10.3. The highest BCUT2D eigenvalue weighted by molar-refractivity contribution is 7.13. The Labute approximate surface area is 75.4 Å². The molecule has 4 heteroatoms. The third-order valence-corrected chi connectivity index (χ3v) is 2.93. The molecule has 70 valence electrons. The molecule has 0 spiro atoms. The molecular formula is C8H16NO2P. The van der Waals surface area contributed by atoms with Crippen LogP contribution in [0, 0.1) is 5.92 Å². The Bertz CT molecular complexity index is 155. The molecule has 1 N–H and O–H groups in total. The van der Waals surface area contributed by atoms with Crippen LogP contribution >= 0.6 is 9.39 Å². The van der Waals surface area contributed by atoms with Crippen molar-refractivity contribution < 1.29 is 9.90 Å². The van der Waals surface area contributed by atoms with Crippen molar-refractivity contribution >= 4 is 15.4 Å². The van der Waals surface area contributed by atoms with Crippen LogP contribution in [0.5, 0.6) is 0 Å². The Morgan fingerprint density at radius 3 is 2.58 bits per heavy atom. The van der Waals surface area contributed by atoms with Crippen LogP contribution in [-0.2, 0) is 4.79 Å². The number of nitrogens with zero attached hydrogens (tertiary/aromatic N) is 1. The first kappa shape index (κ1) is 9.94. The lowest BCUT2D eigenvalue weighted by Crippen LogP contribution is -2.26. The second-order valence-corrected chi connectivity index (χ2v) is 4.14. The fraction of sp³-hybridized carbons (Fsp3) is 0.875. The van der Waals surface area contributed by atoms with Crippen molar-refractivity contribution in [2.24, 2.45) is 5.92 Å². The van der Waals surface area contributed by atoms with Gasteiger partial charge in [-0.05, 0) is 25.2 Å². The SMILES string of the molecule is O=C(O)CCC1CCN(P)CC1. The molecule has 1 aliphatic rings. The zero-order chi connectivity index (χ0) is 8.97. The molecule has 3 nitrogen and oxygen atoms in total. The van der Waals surface area contributed by atoms with Gasteiger partial charge in [-0.2, -0.15) is 0 Å². The van der Waals surface area contributed by atoms with Crippen LogP contribution in [0.3, 0.4) is 0 Å². The fourth-order valence-corrected chi connectivity index (χ4v) is 1.87. The van der Waals surface area contributed by atoms with Gasteiger partial charge >= 0.3 is 5.97 Å². The van der Waals surface area contributed by atoms with Gasteiger partial charge in [0.25, 0.3) is 0 Å². The topological polar surface area (TPSA) is 40.5 Å². The van der Waals surface area contributed by atoms with E-state index in [2.05, 4.69) is 14.1 Å². The van der Waals surface area contributed by atoms with E-state index in [9.17, 15) is 4.79 Å². The Kier molecular flexibility index (Phi) is 3.96. The monoisotopic (exact) mass is 189 g/mol. The second-order valence-electron chi connectivity index (χ2n) is 3.41. The zero-order valence-electron chi connectivity index (χ0n) is 7.20. The largest absolute Gasteiger partial charge is 0.481 e. The minimum atomic E-state index is -0.664. The van der Waals surface area contributed by atoms with E-state index in [-0.39, 0.29) is 0 Å². The molecule has 12 heavy (non-hydrogen) atoms. The van der Waals surface area contributed by atoms with Gasteiger partial charge < -0.3 is 5.11 Å². The molecule has 1 rings (SSSR count). The molecule has 0 amide bonds. The van der Waals surface area contributed by atoms with E-state index in [4.69, 9.17) is 5.11 Å². The highest BCUT2D eigenvalue weighted by Gasteiger charge is 2.17. The van der Waals surface area contributed by atoms with Crippen molar-refractivity contribution in [3.63, 3.8) is 0 Å². The van der Waals surface area contributed by atoms with Crippen LogP contribution < -0.4 is 0 Å². The van der Waals surface area contributed by atoms with E-state index < -0.39 is 5.97 Å². The quantitative estimate of drug-likeness (QED) is 0.681. The highest BCUT2D eigenvalue weighted by Crippen LogP contribution is 2.23. The lowest BCUT2D eigenvalue weighted by molar-refractivity contribution is -0.137. The number of carboxylic acid groups (broad SMARTS) is 1. The molecule has 1 aliphatic heterocycles. The van der Waals surface area contributed by atoms with Crippen molar-refractivity contribution in [2.45, 2.75) is 25.7 Å². The molecule has 0 saturated carbocycles. The summed E-state index contributed by atoms with van der Waals surface area (Å²) in [5.41, 5.74) is 0. The Balaban J connectivity index is 2.13. The molecule has 1 atom stereocenters. The molecule has 0 radical (unpaired) electrons. The third kappa shape index (κ3) is 3.51. The van der Waals surface area contributed by atoms with Crippen molar-refractivity contribution in [3.8, 4) is 0 Å². The van der Waals surface area contributed by atoms with Crippen LogP contribution in [0.15, 0.2) is 0 Å². The molecule has 1 saturated heterocycles. The Hall–Kier alpha value is -0.140. The summed E-state index contributed by atoms with van der Waals surface area (Å²) in [5.74, 6) is -0.0267. The van der Waals surface area contributed by atoms with Gasteiger partial charge in [0.2, 0.25) is 0 Å². The molecular weight excluding hydrogens is 173 g/mol. The van der Waals surface area contributed by atoms with Crippen molar-refractivity contribution in [2.75, 3.05) is 13.1 Å². The standard InChI is InChI=1S/C8H16NO2P/c10-8(11)2-1-7-3-5-9(12)6-4-7/h7H,1-6,12H2,(H,10,11). The molecule has 1 unspecified atom stereocenters. The summed E-state index contributed by atoms with van der Waals surface area (Å²) >= 11 is 0. The van der Waals surface area contributed by atoms with Gasteiger partial charge in [0.05, 0.1) is 0 Å². The average molecular weight is 189 g/mol. The molecule has 0 bridgehead atoms. The van der Waals surface area contributed by atoms with E-state index in [1.807, 2.05) is 0 Å². The van der Waals surface area contributed by atoms with E-state index in [0.29, 0.717) is 12.3 Å². The first-order valence-corrected chi connectivity index (χ1v) is 4.91. The molecule has 0 aliphatic carbocycles. The average Bonchev–Trinajstić information content (AvgIpc) is 2.03. The first-order chi connectivity index (χ1) is 5.68. The van der Waals surface area contributed by atoms with Crippen LogP contribution in [0.2, 0.25) is 0 Å². The minimum Gasteiger partial charge on any atom is -0.481 e. The number of hydrogen-bond donors (Lipinski definition) is 1. The van der Waals surface area contributed by atoms with Crippen LogP contribution in [-0.4, -0.2) is 28.8 Å². The lowest BCUT2D eigenvalue weighted by atomic mass is 9.93. The van der Waals surface area contributed by atoms with E-state index in [1.54, 1.807) is 0 Å². The predicted octanol–water partition coefficient (Wildman–Crippen LogP) is 1.35. The first-order valence-electron chi connectivity index (χ1n) is 4.40. The van der Waals surface area contributed by atoms with Gasteiger partial charge in [0.1, 0.15) is 0 Å². The fourth-order valence-electron chi connectivity index (χ4n) is 1.57. The molecule has 0 aromatic heterocycles. The normalized spacial score (nSPS) is 21.1. The van der Waals surface area contributed by atoms with Crippen LogP contribution in [0.4, 0.5) is 0 Å². The summed E-state index contributed by atoms with van der Waals surface area (Å²) in [7, 11) is 2.69. The summed E-state index contributed by atoms with van der Waals surface area (Å²) in [5, 5.41) is 8.48. The minimum absolute atomic E-state index is 0.335. The summed E-state index contributed by atoms with van der Waals surface area (Å²) in [6.07, 6.45) is 3.49. The number of piperidine rings is 1. The smallest absolute Gasteiger partial charge is 0.303 e. The summed E-state index contributed by atoms with van der Waals surface area (Å²) < 4.78 is 2.22. The maximum Gasteiger partial charge on any atom is 0.303 e. The van der Waals surface area contributed by atoms with Gasteiger partial charge in [0.15, 0.2) is 0 Å². The second kappa shape index (κ2) is 4.78. The number of carboxylic acids is 1. The van der Waals surface area contributed by atoms with Crippen LogP contribution in [0.25, 0.3) is 0 Å². The number of aliphatic carboxylic acids is 1. The van der Waals surface area contributed by atoms with E-state index in [0.717, 1.165) is 32.4 Å². The molecule has 1 fully saturated rings. The van der Waals surface area contributed by atoms with Gasteiger partial charge in [-0.15, -0.1) is 0 Å². The molecule has 0 aromatic rings. The lowest BCUT2D eigenvalue weighted by Gasteiger charge is -2.28. The molecule has 0 aromatic carbocycles. The van der Waals surface area contributed by atoms with Gasteiger partial charge in [0, 0.05) is 19.5 Å². The predicted molar refractivity (Wildman–Crippen MR) is 50.9 cm³/mol. The zero-order valence-corrected chi connectivity index (χ0v) is 8.35. The maximum atomic E-state index is 10.3. The Morgan fingerprint density at radius 2 is 2.08 bits per heavy atom. The van der Waals surface area contributed by atoms with Gasteiger partial charge in [-0.25, -0.2) is 0 Å². The van der Waals surface area contributed by atoms with Crippen LogP contribution in [0.1, 0.15) is 25.7 Å². The summed E-state index contributed by atoms with van der Waals surface area (Å²) in [6.45, 7) is 2.18. The molecule has 1 heterocycles. The maximum absolute atomic E-state index is 10.3. The van der Waals surface area contributed by atoms with Crippen molar-refractivity contribution in [1.82, 2.24) is 4.67 Å². The van der Waals surface area contributed by atoms with Crippen molar-refractivity contribution in [1.29, 1.82) is 0 Å². The van der Waals surface area contributed by atoms with E-state index >= 15 is 0 Å². The van der Waals surface area contributed by atoms with Gasteiger partial charge in [-0.1, -0.05) is 9.39 Å². The Morgan fingerprint density at radius 1 is 1.50 bits per heavy atom.